The number of imide groups is 1. The summed E-state index contributed by atoms with van der Waals surface area (Å²) in [6, 6.07) is 7.84. The molecule has 0 aromatic heterocycles. The van der Waals surface area contributed by atoms with E-state index >= 15 is 0 Å². The first-order valence-corrected chi connectivity index (χ1v) is 6.53. The minimum Gasteiger partial charge on any atom is -0.468 e. The summed E-state index contributed by atoms with van der Waals surface area (Å²) in [6.45, 7) is 1.18. The van der Waals surface area contributed by atoms with Crippen LogP contribution in [0.5, 0.6) is 0 Å². The summed E-state index contributed by atoms with van der Waals surface area (Å²) in [4.78, 5) is 38.4. The molecule has 1 heterocycles. The van der Waals surface area contributed by atoms with Gasteiger partial charge in [-0.3, -0.25) is 14.5 Å². The van der Waals surface area contributed by atoms with Crippen LogP contribution < -0.4 is 0 Å². The zero-order valence-electron chi connectivity index (χ0n) is 12.5. The highest BCUT2D eigenvalue weighted by atomic mass is 16.5. The Morgan fingerprint density at radius 3 is 2.41 bits per heavy atom. The Morgan fingerprint density at radius 2 is 1.91 bits per heavy atom. The summed E-state index contributed by atoms with van der Waals surface area (Å²) < 4.78 is 4.51. The van der Waals surface area contributed by atoms with Gasteiger partial charge in [0, 0.05) is 7.05 Å². The van der Waals surface area contributed by atoms with Gasteiger partial charge >= 0.3 is 12.0 Å². The molecule has 3 amide bonds. The first-order chi connectivity index (χ1) is 10.4. The number of benzene rings is 1. The lowest BCUT2D eigenvalue weighted by atomic mass is 9.90. The minimum atomic E-state index is -1.22. The highest BCUT2D eigenvalue weighted by molar-refractivity contribution is 6.08. The molecule has 0 spiro atoms. The Hall–Kier alpha value is -2.88. The molecule has 1 saturated heterocycles. The monoisotopic (exact) mass is 301 g/mol. The Balaban J connectivity index is 2.40. The van der Waals surface area contributed by atoms with Crippen LogP contribution in [0.4, 0.5) is 4.79 Å². The molecule has 1 atom stereocenters. The molecule has 0 aliphatic carbocycles. The minimum absolute atomic E-state index is 0.426. The molecule has 22 heavy (non-hydrogen) atoms. The molecule has 1 aromatic rings. The smallest absolute Gasteiger partial charge is 0.328 e. The molecular formula is C15H15N3O4. The third kappa shape index (κ3) is 2.19. The maximum atomic E-state index is 12.6. The van der Waals surface area contributed by atoms with Crippen LogP contribution in [0.1, 0.15) is 18.1 Å². The van der Waals surface area contributed by atoms with Crippen LogP contribution >= 0.6 is 0 Å². The van der Waals surface area contributed by atoms with Crippen LogP contribution in [0.2, 0.25) is 0 Å². The second kappa shape index (κ2) is 5.48. The standard InChI is InChI=1S/C15H15N3O4/c1-15(11-6-4-10(8-16)5-7-11)13(20)18(9-12(19)22-3)14(21)17(15)2/h4-7H,9H2,1-3H3. The molecule has 114 valence electrons. The molecule has 0 bridgehead atoms. The van der Waals surface area contributed by atoms with Gasteiger partial charge in [0.2, 0.25) is 0 Å². The van der Waals surface area contributed by atoms with E-state index in [2.05, 4.69) is 4.74 Å². The normalized spacial score (nSPS) is 21.0. The zero-order chi connectivity index (χ0) is 16.5. The highest BCUT2D eigenvalue weighted by Gasteiger charge is 2.54. The second-order valence-corrected chi connectivity index (χ2v) is 5.07. The number of ether oxygens (including phenoxy) is 1. The molecule has 1 unspecified atom stereocenters. The van der Waals surface area contributed by atoms with Gasteiger partial charge in [-0.2, -0.15) is 5.26 Å². The molecule has 1 aliphatic heterocycles. The van der Waals surface area contributed by atoms with Crippen molar-refractivity contribution in [2.75, 3.05) is 20.7 Å². The quantitative estimate of drug-likeness (QED) is 0.609. The summed E-state index contributed by atoms with van der Waals surface area (Å²) in [7, 11) is 2.69. The van der Waals surface area contributed by atoms with Crippen LogP contribution in [-0.4, -0.2) is 48.4 Å². The fourth-order valence-electron chi connectivity index (χ4n) is 2.38. The largest absolute Gasteiger partial charge is 0.468 e. The van der Waals surface area contributed by atoms with Crippen molar-refractivity contribution in [1.82, 2.24) is 9.80 Å². The SMILES string of the molecule is COC(=O)CN1C(=O)N(C)C(C)(c2ccc(C#N)cc2)C1=O. The number of carbonyl (C=O) groups excluding carboxylic acids is 3. The van der Waals surface area contributed by atoms with Gasteiger partial charge in [-0.05, 0) is 24.6 Å². The van der Waals surface area contributed by atoms with Crippen molar-refractivity contribution in [3.05, 3.63) is 35.4 Å². The van der Waals surface area contributed by atoms with E-state index in [1.165, 1.54) is 19.1 Å². The number of rotatable bonds is 3. The van der Waals surface area contributed by atoms with E-state index < -0.39 is 30.0 Å². The number of esters is 1. The maximum Gasteiger partial charge on any atom is 0.328 e. The number of nitriles is 1. The van der Waals surface area contributed by atoms with Gasteiger partial charge in [0.15, 0.2) is 0 Å². The van der Waals surface area contributed by atoms with E-state index in [0.29, 0.717) is 11.1 Å². The Labute approximate surface area is 127 Å². The number of urea groups is 1. The second-order valence-electron chi connectivity index (χ2n) is 5.07. The molecule has 1 fully saturated rings. The lowest BCUT2D eigenvalue weighted by Gasteiger charge is -2.28. The molecule has 7 heteroatoms. The van der Waals surface area contributed by atoms with Crippen LogP contribution in [0.3, 0.4) is 0 Å². The van der Waals surface area contributed by atoms with Crippen molar-refractivity contribution in [3.8, 4) is 6.07 Å². The van der Waals surface area contributed by atoms with Crippen LogP contribution in [-0.2, 0) is 19.9 Å². The van der Waals surface area contributed by atoms with Crippen molar-refractivity contribution in [2.24, 2.45) is 0 Å². The van der Waals surface area contributed by atoms with E-state index in [1.54, 1.807) is 31.2 Å². The van der Waals surface area contributed by atoms with E-state index in [0.717, 1.165) is 4.90 Å². The number of methoxy groups -OCH3 is 1. The first kappa shape index (κ1) is 15.5. The molecule has 1 aliphatic rings. The van der Waals surface area contributed by atoms with Crippen molar-refractivity contribution < 1.29 is 19.1 Å². The van der Waals surface area contributed by atoms with Crippen LogP contribution in [0, 0.1) is 11.3 Å². The molecule has 7 nitrogen and oxygen atoms in total. The number of carbonyl (C=O) groups is 3. The number of hydrogen-bond acceptors (Lipinski definition) is 5. The van der Waals surface area contributed by atoms with E-state index in [9.17, 15) is 14.4 Å². The lowest BCUT2D eigenvalue weighted by Crippen LogP contribution is -2.42. The van der Waals surface area contributed by atoms with Gasteiger partial charge in [0.05, 0.1) is 18.7 Å². The Kier molecular flexibility index (Phi) is 3.87. The van der Waals surface area contributed by atoms with Crippen LogP contribution in [0.15, 0.2) is 24.3 Å². The summed E-state index contributed by atoms with van der Waals surface area (Å²) in [5, 5.41) is 8.83. The average molecular weight is 301 g/mol. The third-order valence-electron chi connectivity index (χ3n) is 3.94. The Morgan fingerprint density at radius 1 is 1.32 bits per heavy atom. The number of amides is 3. The molecular weight excluding hydrogens is 286 g/mol. The van der Waals surface area contributed by atoms with E-state index in [4.69, 9.17) is 5.26 Å². The first-order valence-electron chi connectivity index (χ1n) is 6.53. The van der Waals surface area contributed by atoms with Gasteiger partial charge in [-0.15, -0.1) is 0 Å². The van der Waals surface area contributed by atoms with Crippen molar-refractivity contribution in [3.63, 3.8) is 0 Å². The van der Waals surface area contributed by atoms with E-state index in [-0.39, 0.29) is 0 Å². The lowest BCUT2D eigenvalue weighted by molar-refractivity contribution is -0.145. The predicted molar refractivity (Wildman–Crippen MR) is 75.4 cm³/mol. The van der Waals surface area contributed by atoms with Gasteiger partial charge in [-0.1, -0.05) is 12.1 Å². The van der Waals surface area contributed by atoms with Gasteiger partial charge in [0.25, 0.3) is 5.91 Å². The molecule has 0 radical (unpaired) electrons. The predicted octanol–water partition coefficient (Wildman–Crippen LogP) is 0.840. The fourth-order valence-corrected chi connectivity index (χ4v) is 2.38. The van der Waals surface area contributed by atoms with Crippen LogP contribution in [0.25, 0.3) is 0 Å². The maximum absolute atomic E-state index is 12.6. The Bertz CT molecular complexity index is 677. The number of nitrogens with zero attached hydrogens (tertiary/aromatic N) is 3. The van der Waals surface area contributed by atoms with Crippen molar-refractivity contribution >= 4 is 17.9 Å². The third-order valence-corrected chi connectivity index (χ3v) is 3.94. The fraction of sp³-hybridized carbons (Fsp3) is 0.333. The summed E-state index contributed by atoms with van der Waals surface area (Å²) in [6.07, 6.45) is 0. The summed E-state index contributed by atoms with van der Waals surface area (Å²) in [5.74, 6) is -1.17. The highest BCUT2D eigenvalue weighted by Crippen LogP contribution is 2.35. The molecule has 0 N–H and O–H groups in total. The zero-order valence-corrected chi connectivity index (χ0v) is 12.5. The van der Waals surface area contributed by atoms with Crippen molar-refractivity contribution in [1.29, 1.82) is 5.26 Å². The average Bonchev–Trinajstić information content (AvgIpc) is 2.71. The summed E-state index contributed by atoms with van der Waals surface area (Å²) >= 11 is 0. The number of hydrogen-bond donors (Lipinski definition) is 0. The van der Waals surface area contributed by atoms with Gasteiger partial charge in [-0.25, -0.2) is 4.79 Å². The van der Waals surface area contributed by atoms with Gasteiger partial charge < -0.3 is 9.64 Å². The molecule has 2 rings (SSSR count). The topological polar surface area (TPSA) is 90.7 Å². The van der Waals surface area contributed by atoms with Gasteiger partial charge in [0.1, 0.15) is 12.1 Å². The molecule has 1 aromatic carbocycles. The number of likely N-dealkylation sites (N-methyl/N-ethyl adjacent to an activating group) is 1. The van der Waals surface area contributed by atoms with E-state index in [1.807, 2.05) is 6.07 Å². The molecule has 0 saturated carbocycles. The summed E-state index contributed by atoms with van der Waals surface area (Å²) in [5.41, 5.74) is -0.197. The van der Waals surface area contributed by atoms with Crippen molar-refractivity contribution in [2.45, 2.75) is 12.5 Å².